The average Bonchev–Trinajstić information content (AvgIpc) is 2.80. The summed E-state index contributed by atoms with van der Waals surface area (Å²) in [5.74, 6) is 1.26. The number of fused-ring (bicyclic) bond motifs is 3. The van der Waals surface area contributed by atoms with Crippen molar-refractivity contribution in [3.8, 4) is 5.75 Å². The van der Waals surface area contributed by atoms with Crippen LogP contribution < -0.4 is 15.4 Å². The Morgan fingerprint density at radius 1 is 1.33 bits per heavy atom. The average molecular weight is 392 g/mol. The number of nitrogen functional groups attached to an aromatic ring is 1. The second-order valence-corrected chi connectivity index (χ2v) is 9.29. The number of piperidine rings is 2. The minimum absolute atomic E-state index is 0.192. The highest BCUT2D eigenvalue weighted by molar-refractivity contribution is 6.33. The van der Waals surface area contributed by atoms with Gasteiger partial charge in [-0.2, -0.15) is 0 Å². The van der Waals surface area contributed by atoms with Crippen molar-refractivity contribution in [1.29, 1.82) is 0 Å². The van der Waals surface area contributed by atoms with Crippen molar-refractivity contribution in [2.45, 2.75) is 64.0 Å². The lowest BCUT2D eigenvalue weighted by Crippen LogP contribution is -2.53. The van der Waals surface area contributed by atoms with E-state index in [2.05, 4.69) is 18.7 Å². The van der Waals surface area contributed by atoms with Gasteiger partial charge in [0.25, 0.3) is 0 Å². The maximum absolute atomic E-state index is 12.3. The van der Waals surface area contributed by atoms with Gasteiger partial charge in [-0.15, -0.1) is 0 Å². The molecule has 2 saturated heterocycles. The Bertz CT molecular complexity index is 737. The number of amides is 1. The Balaban J connectivity index is 1.77. The lowest BCUT2D eigenvalue weighted by molar-refractivity contribution is -0.108. The summed E-state index contributed by atoms with van der Waals surface area (Å²) in [6.45, 7) is 7.50. The third-order valence-electron chi connectivity index (χ3n) is 6.51. The fourth-order valence-corrected chi connectivity index (χ4v) is 5.31. The highest BCUT2D eigenvalue weighted by atomic mass is 35.5. The first-order valence-electron chi connectivity index (χ1n) is 10.2. The molecule has 3 aliphatic rings. The Morgan fingerprint density at radius 3 is 2.93 bits per heavy atom. The predicted octanol–water partition coefficient (Wildman–Crippen LogP) is 3.86. The molecular weight excluding hydrogens is 362 g/mol. The van der Waals surface area contributed by atoms with Gasteiger partial charge in [-0.25, -0.2) is 0 Å². The van der Waals surface area contributed by atoms with Gasteiger partial charge in [0, 0.05) is 24.7 Å². The lowest BCUT2D eigenvalue weighted by atomic mass is 9.84. The van der Waals surface area contributed by atoms with E-state index in [9.17, 15) is 4.79 Å². The molecule has 2 bridgehead atoms. The van der Waals surface area contributed by atoms with Gasteiger partial charge in [0.2, 0.25) is 6.41 Å². The quantitative estimate of drug-likeness (QED) is 0.627. The number of anilines is 2. The molecule has 3 heterocycles. The van der Waals surface area contributed by atoms with Crippen molar-refractivity contribution in [2.24, 2.45) is 5.92 Å². The number of nitrogens with two attached hydrogens (primary N) is 1. The molecule has 27 heavy (non-hydrogen) atoms. The Morgan fingerprint density at radius 2 is 2.15 bits per heavy atom. The van der Waals surface area contributed by atoms with Crippen molar-refractivity contribution in [3.63, 3.8) is 0 Å². The van der Waals surface area contributed by atoms with Gasteiger partial charge in [0.05, 0.1) is 16.4 Å². The second kappa shape index (κ2) is 7.17. The lowest BCUT2D eigenvalue weighted by Gasteiger charge is -2.46. The topological polar surface area (TPSA) is 58.8 Å². The van der Waals surface area contributed by atoms with Crippen molar-refractivity contribution in [2.75, 3.05) is 30.3 Å². The van der Waals surface area contributed by atoms with E-state index in [4.69, 9.17) is 22.1 Å². The maximum Gasteiger partial charge on any atom is 0.214 e. The monoisotopic (exact) mass is 391 g/mol. The molecule has 6 heteroatoms. The van der Waals surface area contributed by atoms with Crippen molar-refractivity contribution >= 4 is 29.4 Å². The molecule has 2 N–H and O–H groups in total. The fourth-order valence-electron chi connectivity index (χ4n) is 5.10. The molecule has 0 saturated carbocycles. The number of nitrogens with zero attached hydrogens (tertiary/aromatic N) is 2. The van der Waals surface area contributed by atoms with E-state index in [0.717, 1.165) is 62.2 Å². The third kappa shape index (κ3) is 3.52. The Labute approximate surface area is 166 Å². The molecule has 2 fully saturated rings. The SMILES string of the molecule is CC1(C)CCCc2c(N)c(Cl)cc(N(C=O)C3CCN4CCCC3C4)c2O1. The molecule has 4 rings (SSSR count). The van der Waals surface area contributed by atoms with Crippen molar-refractivity contribution < 1.29 is 9.53 Å². The minimum atomic E-state index is -0.289. The van der Waals surface area contributed by atoms with Crippen LogP contribution in [0, 0.1) is 5.92 Å². The van der Waals surface area contributed by atoms with Crippen LogP contribution in [0.2, 0.25) is 5.02 Å². The summed E-state index contributed by atoms with van der Waals surface area (Å²) in [5.41, 5.74) is 8.35. The summed E-state index contributed by atoms with van der Waals surface area (Å²) in [4.78, 5) is 16.7. The molecule has 3 aliphatic heterocycles. The van der Waals surface area contributed by atoms with Crippen LogP contribution >= 0.6 is 11.6 Å². The molecule has 0 spiro atoms. The van der Waals surface area contributed by atoms with Crippen LogP contribution in [-0.4, -0.2) is 42.6 Å². The van der Waals surface area contributed by atoms with Crippen LogP contribution in [-0.2, 0) is 11.2 Å². The van der Waals surface area contributed by atoms with Gasteiger partial charge >= 0.3 is 0 Å². The van der Waals surface area contributed by atoms with Crippen LogP contribution in [0.3, 0.4) is 0 Å². The molecule has 1 amide bonds. The van der Waals surface area contributed by atoms with Gasteiger partial charge in [-0.05, 0) is 70.9 Å². The number of carbonyl (C=O) groups excluding carboxylic acids is 1. The van der Waals surface area contributed by atoms with E-state index in [-0.39, 0.29) is 11.6 Å². The van der Waals surface area contributed by atoms with E-state index < -0.39 is 0 Å². The standard InChI is InChI=1S/C21H30ClN3O2/c1-21(2)8-3-6-15-19(23)16(22)11-18(20(15)27-21)25(13-26)17-7-10-24-9-4-5-14(17)12-24/h11,13-14,17H,3-10,12,23H2,1-2H3. The number of halogens is 1. The van der Waals surface area contributed by atoms with Crippen molar-refractivity contribution in [3.05, 3.63) is 16.7 Å². The summed E-state index contributed by atoms with van der Waals surface area (Å²) in [6, 6.07) is 2.03. The normalized spacial score (nSPS) is 29.2. The van der Waals surface area contributed by atoms with Crippen LogP contribution in [0.25, 0.3) is 0 Å². The predicted molar refractivity (Wildman–Crippen MR) is 110 cm³/mol. The van der Waals surface area contributed by atoms with E-state index in [1.54, 1.807) is 0 Å². The molecule has 1 aromatic carbocycles. The van der Waals surface area contributed by atoms with E-state index in [0.29, 0.717) is 16.6 Å². The zero-order chi connectivity index (χ0) is 19.2. The molecule has 0 aromatic heterocycles. The van der Waals surface area contributed by atoms with Crippen LogP contribution in [0.15, 0.2) is 6.07 Å². The third-order valence-corrected chi connectivity index (χ3v) is 6.83. The Kier molecular flexibility index (Phi) is 5.02. The zero-order valence-corrected chi connectivity index (χ0v) is 17.1. The summed E-state index contributed by atoms with van der Waals surface area (Å²) in [5, 5.41) is 0.514. The maximum atomic E-state index is 12.3. The number of benzene rings is 1. The molecule has 0 radical (unpaired) electrons. The number of hydrogen-bond acceptors (Lipinski definition) is 4. The number of ether oxygens (including phenoxy) is 1. The van der Waals surface area contributed by atoms with Gasteiger partial charge < -0.3 is 20.3 Å². The smallest absolute Gasteiger partial charge is 0.214 e. The minimum Gasteiger partial charge on any atom is -0.485 e. The fraction of sp³-hybridized carbons (Fsp3) is 0.667. The van der Waals surface area contributed by atoms with Crippen LogP contribution in [0.5, 0.6) is 5.75 Å². The molecule has 0 aliphatic carbocycles. The Hall–Kier alpha value is -1.46. The van der Waals surface area contributed by atoms with Crippen molar-refractivity contribution in [1.82, 2.24) is 4.90 Å². The molecule has 3 atom stereocenters. The number of hydrogen-bond donors (Lipinski definition) is 1. The summed E-state index contributed by atoms with van der Waals surface area (Å²) < 4.78 is 6.44. The van der Waals surface area contributed by atoms with Gasteiger partial charge in [-0.3, -0.25) is 4.79 Å². The first-order valence-corrected chi connectivity index (χ1v) is 10.5. The molecule has 1 aromatic rings. The highest BCUT2D eigenvalue weighted by Gasteiger charge is 2.38. The molecule has 3 unspecified atom stereocenters. The molecular formula is C21H30ClN3O2. The first kappa shape index (κ1) is 18.9. The van der Waals surface area contributed by atoms with Crippen LogP contribution in [0.4, 0.5) is 11.4 Å². The van der Waals surface area contributed by atoms with E-state index in [1.165, 1.54) is 19.4 Å². The molecule has 5 nitrogen and oxygen atoms in total. The largest absolute Gasteiger partial charge is 0.485 e. The molecule has 148 valence electrons. The summed E-state index contributed by atoms with van der Waals surface area (Å²) in [7, 11) is 0. The summed E-state index contributed by atoms with van der Waals surface area (Å²) in [6.07, 6.45) is 7.10. The first-order chi connectivity index (χ1) is 12.9. The van der Waals surface area contributed by atoms with Gasteiger partial charge in [-0.1, -0.05) is 11.6 Å². The van der Waals surface area contributed by atoms with Crippen LogP contribution in [0.1, 0.15) is 51.5 Å². The summed E-state index contributed by atoms with van der Waals surface area (Å²) >= 11 is 6.49. The number of carbonyl (C=O) groups is 1. The second-order valence-electron chi connectivity index (χ2n) is 8.89. The zero-order valence-electron chi connectivity index (χ0n) is 16.3. The van der Waals surface area contributed by atoms with E-state index >= 15 is 0 Å². The van der Waals surface area contributed by atoms with Gasteiger partial charge in [0.15, 0.2) is 0 Å². The number of rotatable bonds is 3. The van der Waals surface area contributed by atoms with E-state index in [1.807, 2.05) is 11.0 Å². The highest BCUT2D eigenvalue weighted by Crippen LogP contribution is 2.46. The van der Waals surface area contributed by atoms with Gasteiger partial charge in [0.1, 0.15) is 11.4 Å².